The number of nitrogens with one attached hydrogen (secondary N) is 1. The van der Waals surface area contributed by atoms with E-state index < -0.39 is 0 Å². The number of piperidine rings is 1. The minimum Gasteiger partial charge on any atom is -0.341 e. The summed E-state index contributed by atoms with van der Waals surface area (Å²) in [5.41, 5.74) is 0. The Morgan fingerprint density at radius 2 is 2.06 bits per heavy atom. The van der Waals surface area contributed by atoms with Gasteiger partial charge in [-0.3, -0.25) is 9.69 Å². The topological polar surface area (TPSA) is 35.6 Å². The lowest BCUT2D eigenvalue weighted by Gasteiger charge is -2.36. The Labute approximate surface area is 111 Å². The zero-order chi connectivity index (χ0) is 13.0. The van der Waals surface area contributed by atoms with Crippen molar-refractivity contribution in [1.29, 1.82) is 0 Å². The number of nitrogens with zero attached hydrogens (tertiary/aromatic N) is 2. The molecule has 0 aliphatic carbocycles. The van der Waals surface area contributed by atoms with Crippen molar-refractivity contribution in [3.05, 3.63) is 0 Å². The third-order valence-electron chi connectivity index (χ3n) is 3.99. The third-order valence-corrected chi connectivity index (χ3v) is 3.99. The summed E-state index contributed by atoms with van der Waals surface area (Å²) in [6.07, 6.45) is 3.72. The van der Waals surface area contributed by atoms with Gasteiger partial charge in [-0.2, -0.15) is 0 Å². The summed E-state index contributed by atoms with van der Waals surface area (Å²) >= 11 is 0. The first kappa shape index (κ1) is 13.8. The molecule has 0 bridgehead atoms. The highest BCUT2D eigenvalue weighted by molar-refractivity contribution is 5.78. The van der Waals surface area contributed by atoms with Crippen LogP contribution in [0.5, 0.6) is 0 Å². The van der Waals surface area contributed by atoms with Crippen LogP contribution in [0.15, 0.2) is 0 Å². The van der Waals surface area contributed by atoms with Crippen LogP contribution in [0.1, 0.15) is 33.1 Å². The number of carbonyl (C=O) groups excluding carboxylic acids is 1. The molecule has 4 heteroatoms. The summed E-state index contributed by atoms with van der Waals surface area (Å²) < 4.78 is 0. The van der Waals surface area contributed by atoms with Gasteiger partial charge >= 0.3 is 0 Å². The van der Waals surface area contributed by atoms with E-state index in [9.17, 15) is 4.79 Å². The molecule has 2 fully saturated rings. The second-order valence-electron chi connectivity index (χ2n) is 6.04. The molecular formula is C14H27N3O. The second kappa shape index (κ2) is 6.53. The highest BCUT2D eigenvalue weighted by Gasteiger charge is 2.25. The van der Waals surface area contributed by atoms with Gasteiger partial charge in [-0.05, 0) is 38.3 Å². The van der Waals surface area contributed by atoms with Gasteiger partial charge in [0.25, 0.3) is 0 Å². The van der Waals surface area contributed by atoms with Crippen LogP contribution >= 0.6 is 0 Å². The summed E-state index contributed by atoms with van der Waals surface area (Å²) in [6, 6.07) is 0.558. The van der Waals surface area contributed by atoms with Gasteiger partial charge in [0.1, 0.15) is 0 Å². The molecular weight excluding hydrogens is 226 g/mol. The van der Waals surface area contributed by atoms with Crippen LogP contribution in [0.4, 0.5) is 0 Å². The van der Waals surface area contributed by atoms with Crippen molar-refractivity contribution >= 4 is 5.91 Å². The van der Waals surface area contributed by atoms with Crippen molar-refractivity contribution in [2.45, 2.75) is 39.2 Å². The molecule has 104 valence electrons. The van der Waals surface area contributed by atoms with Crippen molar-refractivity contribution < 1.29 is 4.79 Å². The van der Waals surface area contributed by atoms with E-state index in [0.29, 0.717) is 24.4 Å². The predicted octanol–water partition coefficient (Wildman–Crippen LogP) is 0.929. The van der Waals surface area contributed by atoms with Crippen molar-refractivity contribution in [1.82, 2.24) is 15.1 Å². The molecule has 0 aromatic rings. The van der Waals surface area contributed by atoms with Crippen molar-refractivity contribution in [3.63, 3.8) is 0 Å². The van der Waals surface area contributed by atoms with Gasteiger partial charge < -0.3 is 10.2 Å². The zero-order valence-electron chi connectivity index (χ0n) is 11.8. The molecule has 1 unspecified atom stereocenters. The number of carbonyl (C=O) groups is 1. The molecule has 2 rings (SSSR count). The smallest absolute Gasteiger partial charge is 0.236 e. The Hall–Kier alpha value is -0.610. The second-order valence-corrected chi connectivity index (χ2v) is 6.04. The zero-order valence-corrected chi connectivity index (χ0v) is 11.8. The van der Waals surface area contributed by atoms with E-state index in [0.717, 1.165) is 32.7 Å². The highest BCUT2D eigenvalue weighted by Crippen LogP contribution is 2.16. The molecule has 2 aliphatic rings. The molecule has 2 saturated heterocycles. The molecule has 0 aromatic carbocycles. The summed E-state index contributed by atoms with van der Waals surface area (Å²) in [5, 5.41) is 3.51. The molecule has 1 N–H and O–H groups in total. The van der Waals surface area contributed by atoms with Crippen molar-refractivity contribution in [2.24, 2.45) is 5.92 Å². The van der Waals surface area contributed by atoms with Gasteiger partial charge in [-0.1, -0.05) is 13.8 Å². The van der Waals surface area contributed by atoms with E-state index in [1.165, 1.54) is 19.3 Å². The van der Waals surface area contributed by atoms with Gasteiger partial charge in [0.15, 0.2) is 0 Å². The summed E-state index contributed by atoms with van der Waals surface area (Å²) in [6.45, 7) is 10.2. The lowest BCUT2D eigenvalue weighted by molar-refractivity contribution is -0.136. The first-order valence-electron chi connectivity index (χ1n) is 7.38. The Kier molecular flexibility index (Phi) is 5.01. The fourth-order valence-electron chi connectivity index (χ4n) is 2.72. The molecule has 0 saturated carbocycles. The Morgan fingerprint density at radius 1 is 1.28 bits per heavy atom. The fourth-order valence-corrected chi connectivity index (χ4v) is 2.72. The third kappa shape index (κ3) is 3.95. The van der Waals surface area contributed by atoms with Crippen molar-refractivity contribution in [3.8, 4) is 0 Å². The molecule has 4 nitrogen and oxygen atoms in total. The van der Waals surface area contributed by atoms with E-state index in [-0.39, 0.29) is 0 Å². The monoisotopic (exact) mass is 253 g/mol. The SMILES string of the molecule is CC(C)NCC1CCCN(CC(=O)N2CCC2)C1. The quantitative estimate of drug-likeness (QED) is 0.792. The number of rotatable bonds is 5. The van der Waals surface area contributed by atoms with Crippen LogP contribution in [-0.4, -0.2) is 61.0 Å². The largest absolute Gasteiger partial charge is 0.341 e. The molecule has 0 radical (unpaired) electrons. The molecule has 1 amide bonds. The first-order valence-corrected chi connectivity index (χ1v) is 7.38. The van der Waals surface area contributed by atoms with Crippen LogP contribution in [0.3, 0.4) is 0 Å². The Balaban J connectivity index is 1.70. The molecule has 0 spiro atoms. The van der Waals surface area contributed by atoms with Gasteiger partial charge in [0.2, 0.25) is 5.91 Å². The molecule has 2 heterocycles. The predicted molar refractivity (Wildman–Crippen MR) is 73.5 cm³/mol. The van der Waals surface area contributed by atoms with Crippen LogP contribution in [0, 0.1) is 5.92 Å². The average Bonchev–Trinajstić information content (AvgIpc) is 2.24. The van der Waals surface area contributed by atoms with Gasteiger partial charge in [0, 0.05) is 25.7 Å². The van der Waals surface area contributed by atoms with E-state index in [1.807, 2.05) is 4.90 Å². The number of likely N-dealkylation sites (tertiary alicyclic amines) is 2. The van der Waals surface area contributed by atoms with Gasteiger partial charge in [0.05, 0.1) is 6.54 Å². The maximum atomic E-state index is 11.9. The maximum absolute atomic E-state index is 11.9. The number of hydrogen-bond donors (Lipinski definition) is 1. The highest BCUT2D eigenvalue weighted by atomic mass is 16.2. The first-order chi connectivity index (χ1) is 8.65. The Bertz CT molecular complexity index is 276. The molecule has 2 aliphatic heterocycles. The van der Waals surface area contributed by atoms with Crippen molar-refractivity contribution in [2.75, 3.05) is 39.3 Å². The van der Waals surface area contributed by atoms with Crippen LogP contribution < -0.4 is 5.32 Å². The molecule has 1 atom stereocenters. The molecule has 18 heavy (non-hydrogen) atoms. The number of hydrogen-bond acceptors (Lipinski definition) is 3. The number of amides is 1. The molecule has 0 aromatic heterocycles. The summed E-state index contributed by atoms with van der Waals surface area (Å²) in [7, 11) is 0. The standard InChI is InChI=1S/C14H27N3O/c1-12(2)15-9-13-5-3-6-16(10-13)11-14(18)17-7-4-8-17/h12-13,15H,3-11H2,1-2H3. The van der Waals surface area contributed by atoms with Crippen LogP contribution in [0.2, 0.25) is 0 Å². The van der Waals surface area contributed by atoms with Gasteiger partial charge in [-0.15, -0.1) is 0 Å². The fraction of sp³-hybridized carbons (Fsp3) is 0.929. The van der Waals surface area contributed by atoms with E-state index in [1.54, 1.807) is 0 Å². The average molecular weight is 253 g/mol. The van der Waals surface area contributed by atoms with Crippen LogP contribution in [-0.2, 0) is 4.79 Å². The Morgan fingerprint density at radius 3 is 2.67 bits per heavy atom. The van der Waals surface area contributed by atoms with E-state index in [2.05, 4.69) is 24.1 Å². The van der Waals surface area contributed by atoms with E-state index in [4.69, 9.17) is 0 Å². The normalized spacial score (nSPS) is 25.3. The summed E-state index contributed by atoms with van der Waals surface area (Å²) in [5.74, 6) is 1.05. The van der Waals surface area contributed by atoms with Gasteiger partial charge in [-0.25, -0.2) is 0 Å². The lowest BCUT2D eigenvalue weighted by atomic mass is 9.97. The lowest BCUT2D eigenvalue weighted by Crippen LogP contribution is -2.49. The summed E-state index contributed by atoms with van der Waals surface area (Å²) in [4.78, 5) is 16.3. The van der Waals surface area contributed by atoms with E-state index >= 15 is 0 Å². The maximum Gasteiger partial charge on any atom is 0.236 e. The minimum atomic E-state index is 0.332. The van der Waals surface area contributed by atoms with Crippen LogP contribution in [0.25, 0.3) is 0 Å². The minimum absolute atomic E-state index is 0.332.